The van der Waals surface area contributed by atoms with Gasteiger partial charge in [-0.25, -0.2) is 4.79 Å². The van der Waals surface area contributed by atoms with E-state index in [2.05, 4.69) is 10.1 Å². The van der Waals surface area contributed by atoms with Gasteiger partial charge >= 0.3 is 5.97 Å². The number of esters is 1. The van der Waals surface area contributed by atoms with Crippen LogP contribution in [0.4, 0.5) is 0 Å². The van der Waals surface area contributed by atoms with Crippen molar-refractivity contribution in [1.29, 1.82) is 0 Å². The Bertz CT molecular complexity index is 833. The zero-order chi connectivity index (χ0) is 19.9. The average molecular weight is 380 g/mol. The van der Waals surface area contributed by atoms with E-state index in [-0.39, 0.29) is 24.2 Å². The Balaban J connectivity index is 1.47. The highest BCUT2D eigenvalue weighted by molar-refractivity contribution is 5.90. The quantitative estimate of drug-likeness (QED) is 0.747. The van der Waals surface area contributed by atoms with Gasteiger partial charge in [-0.1, -0.05) is 42.5 Å². The predicted octanol–water partition coefficient (Wildman–Crippen LogP) is 2.18. The van der Waals surface area contributed by atoms with Crippen LogP contribution in [0.25, 0.3) is 0 Å². The Kier molecular flexibility index (Phi) is 6.42. The van der Waals surface area contributed by atoms with Gasteiger partial charge in [0.25, 0.3) is 0 Å². The van der Waals surface area contributed by atoms with E-state index in [9.17, 15) is 14.4 Å². The molecule has 3 rings (SSSR count). The van der Waals surface area contributed by atoms with Gasteiger partial charge in [-0.2, -0.15) is 0 Å². The largest absolute Gasteiger partial charge is 0.465 e. The normalized spacial score (nSPS) is 16.1. The SMILES string of the molecule is COC(=O)c1ccc(CNC(=O)C2CC(=O)N(CCc3ccccc3)C2)cc1. The summed E-state index contributed by atoms with van der Waals surface area (Å²) < 4.78 is 4.66. The van der Waals surface area contributed by atoms with Gasteiger partial charge in [0, 0.05) is 26.1 Å². The lowest BCUT2D eigenvalue weighted by Gasteiger charge is -2.16. The van der Waals surface area contributed by atoms with Crippen molar-refractivity contribution in [3.8, 4) is 0 Å². The number of hydrogen-bond acceptors (Lipinski definition) is 4. The second-order valence-electron chi connectivity index (χ2n) is 6.88. The summed E-state index contributed by atoms with van der Waals surface area (Å²) >= 11 is 0. The summed E-state index contributed by atoms with van der Waals surface area (Å²) in [4.78, 5) is 37.9. The number of ether oxygens (including phenoxy) is 1. The summed E-state index contributed by atoms with van der Waals surface area (Å²) in [6, 6.07) is 16.9. The minimum atomic E-state index is -0.393. The van der Waals surface area contributed by atoms with Crippen LogP contribution in [0.1, 0.15) is 27.9 Å². The molecular formula is C22H24N2O4. The summed E-state index contributed by atoms with van der Waals surface area (Å²) in [7, 11) is 1.34. The van der Waals surface area contributed by atoms with Crippen LogP contribution in [0.3, 0.4) is 0 Å². The van der Waals surface area contributed by atoms with Crippen molar-refractivity contribution in [3.63, 3.8) is 0 Å². The van der Waals surface area contributed by atoms with Gasteiger partial charge in [-0.3, -0.25) is 9.59 Å². The first-order chi connectivity index (χ1) is 13.6. The van der Waals surface area contributed by atoms with Gasteiger partial charge in [0.15, 0.2) is 0 Å². The average Bonchev–Trinajstić information content (AvgIpc) is 3.11. The maximum atomic E-state index is 12.4. The van der Waals surface area contributed by atoms with Crippen LogP contribution in [-0.4, -0.2) is 42.9 Å². The van der Waals surface area contributed by atoms with E-state index in [1.807, 2.05) is 30.3 Å². The number of hydrogen-bond donors (Lipinski definition) is 1. The van der Waals surface area contributed by atoms with Gasteiger partial charge in [0.2, 0.25) is 11.8 Å². The number of carbonyl (C=O) groups excluding carboxylic acids is 3. The number of benzene rings is 2. The third-order valence-electron chi connectivity index (χ3n) is 4.94. The molecule has 1 N–H and O–H groups in total. The molecule has 146 valence electrons. The third kappa shape index (κ3) is 4.97. The summed E-state index contributed by atoms with van der Waals surface area (Å²) in [6.45, 7) is 1.44. The first kappa shape index (κ1) is 19.6. The molecule has 0 radical (unpaired) electrons. The van der Waals surface area contributed by atoms with Crippen LogP contribution in [0, 0.1) is 5.92 Å². The van der Waals surface area contributed by atoms with Crippen LogP contribution < -0.4 is 5.32 Å². The van der Waals surface area contributed by atoms with E-state index in [1.54, 1.807) is 29.2 Å². The van der Waals surface area contributed by atoms with Crippen molar-refractivity contribution >= 4 is 17.8 Å². The van der Waals surface area contributed by atoms with Crippen molar-refractivity contribution in [3.05, 3.63) is 71.3 Å². The monoisotopic (exact) mass is 380 g/mol. The van der Waals surface area contributed by atoms with Crippen molar-refractivity contribution in [2.75, 3.05) is 20.2 Å². The van der Waals surface area contributed by atoms with Crippen LogP contribution in [0.5, 0.6) is 0 Å². The lowest BCUT2D eigenvalue weighted by atomic mass is 10.1. The van der Waals surface area contributed by atoms with Crippen molar-refractivity contribution in [1.82, 2.24) is 10.2 Å². The summed E-state index contributed by atoms with van der Waals surface area (Å²) in [5, 5.41) is 2.88. The highest BCUT2D eigenvalue weighted by Gasteiger charge is 2.33. The van der Waals surface area contributed by atoms with Crippen molar-refractivity contribution in [2.45, 2.75) is 19.4 Å². The number of nitrogens with one attached hydrogen (secondary N) is 1. The van der Waals surface area contributed by atoms with Crippen LogP contribution >= 0.6 is 0 Å². The molecule has 0 spiro atoms. The molecule has 2 aromatic carbocycles. The molecule has 2 aromatic rings. The van der Waals surface area contributed by atoms with Crippen LogP contribution in [0.2, 0.25) is 0 Å². The Hall–Kier alpha value is -3.15. The van der Waals surface area contributed by atoms with Crippen molar-refractivity contribution in [2.24, 2.45) is 5.92 Å². The smallest absolute Gasteiger partial charge is 0.337 e. The minimum absolute atomic E-state index is 0.0264. The Morgan fingerprint density at radius 2 is 1.79 bits per heavy atom. The van der Waals surface area contributed by atoms with Crippen LogP contribution in [0.15, 0.2) is 54.6 Å². The molecule has 1 fully saturated rings. The summed E-state index contributed by atoms with van der Waals surface area (Å²) in [5.74, 6) is -0.806. The standard InChI is InChI=1S/C22H24N2O4/c1-28-22(27)18-9-7-17(8-10-18)14-23-21(26)19-13-20(25)24(15-19)12-11-16-5-3-2-4-6-16/h2-10,19H,11-15H2,1H3,(H,23,26). The Morgan fingerprint density at radius 1 is 1.07 bits per heavy atom. The van der Waals surface area contributed by atoms with Gasteiger partial charge in [0.05, 0.1) is 18.6 Å². The maximum absolute atomic E-state index is 12.4. The molecule has 2 amide bonds. The fourth-order valence-corrected chi connectivity index (χ4v) is 3.28. The third-order valence-corrected chi connectivity index (χ3v) is 4.94. The molecule has 0 saturated carbocycles. The van der Waals surface area contributed by atoms with E-state index in [0.29, 0.717) is 25.2 Å². The first-order valence-electron chi connectivity index (χ1n) is 9.33. The first-order valence-corrected chi connectivity index (χ1v) is 9.33. The molecule has 1 aliphatic heterocycles. The lowest BCUT2D eigenvalue weighted by molar-refractivity contribution is -0.129. The molecule has 0 aliphatic carbocycles. The summed E-state index contributed by atoms with van der Waals surface area (Å²) in [6.07, 6.45) is 1.04. The number of methoxy groups -OCH3 is 1. The molecule has 6 nitrogen and oxygen atoms in total. The fourth-order valence-electron chi connectivity index (χ4n) is 3.28. The number of rotatable bonds is 7. The van der Waals surface area contributed by atoms with E-state index in [4.69, 9.17) is 0 Å². The number of nitrogens with zero attached hydrogens (tertiary/aromatic N) is 1. The lowest BCUT2D eigenvalue weighted by Crippen LogP contribution is -2.33. The summed E-state index contributed by atoms with van der Waals surface area (Å²) in [5.41, 5.74) is 2.53. The second-order valence-corrected chi connectivity index (χ2v) is 6.88. The zero-order valence-corrected chi connectivity index (χ0v) is 15.9. The number of amides is 2. The molecule has 0 aromatic heterocycles. The molecular weight excluding hydrogens is 356 g/mol. The van der Waals surface area contributed by atoms with Gasteiger partial charge < -0.3 is 15.0 Å². The Labute approximate surface area is 164 Å². The van der Waals surface area contributed by atoms with E-state index in [0.717, 1.165) is 12.0 Å². The molecule has 1 aliphatic rings. The van der Waals surface area contributed by atoms with Gasteiger partial charge in [0.1, 0.15) is 0 Å². The van der Waals surface area contributed by atoms with E-state index >= 15 is 0 Å². The minimum Gasteiger partial charge on any atom is -0.465 e. The Morgan fingerprint density at radius 3 is 2.46 bits per heavy atom. The molecule has 28 heavy (non-hydrogen) atoms. The van der Waals surface area contributed by atoms with E-state index in [1.165, 1.54) is 12.7 Å². The second kappa shape index (κ2) is 9.17. The highest BCUT2D eigenvalue weighted by Crippen LogP contribution is 2.19. The van der Waals surface area contributed by atoms with Crippen molar-refractivity contribution < 1.29 is 19.1 Å². The molecule has 0 bridgehead atoms. The molecule has 1 saturated heterocycles. The van der Waals surface area contributed by atoms with Gasteiger partial charge in [-0.05, 0) is 29.7 Å². The van der Waals surface area contributed by atoms with E-state index < -0.39 is 5.97 Å². The number of likely N-dealkylation sites (tertiary alicyclic amines) is 1. The molecule has 1 heterocycles. The highest BCUT2D eigenvalue weighted by atomic mass is 16.5. The number of carbonyl (C=O) groups is 3. The fraction of sp³-hybridized carbons (Fsp3) is 0.318. The predicted molar refractivity (Wildman–Crippen MR) is 104 cm³/mol. The molecule has 6 heteroatoms. The van der Waals surface area contributed by atoms with Gasteiger partial charge in [-0.15, -0.1) is 0 Å². The molecule has 1 atom stereocenters. The topological polar surface area (TPSA) is 75.7 Å². The maximum Gasteiger partial charge on any atom is 0.337 e. The van der Waals surface area contributed by atoms with Crippen LogP contribution in [-0.2, 0) is 27.3 Å². The molecule has 1 unspecified atom stereocenters. The zero-order valence-electron chi connectivity index (χ0n) is 15.9.